The second-order valence-corrected chi connectivity index (χ2v) is 6.39. The van der Waals surface area contributed by atoms with Crippen molar-refractivity contribution in [1.29, 1.82) is 0 Å². The van der Waals surface area contributed by atoms with E-state index in [9.17, 15) is 14.4 Å². The van der Waals surface area contributed by atoms with Crippen molar-refractivity contribution < 1.29 is 23.9 Å². The molecule has 0 aromatic carbocycles. The average molecular weight is 356 g/mol. The van der Waals surface area contributed by atoms with E-state index in [-0.39, 0.29) is 29.6 Å². The lowest BCUT2D eigenvalue weighted by Gasteiger charge is -2.27. The molecule has 2 amide bonds. The predicted molar refractivity (Wildman–Crippen MR) is 94.1 cm³/mol. The zero-order chi connectivity index (χ0) is 18.5. The van der Waals surface area contributed by atoms with E-state index in [4.69, 9.17) is 9.47 Å². The number of hydrogen-bond donors (Lipinski definition) is 2. The largest absolute Gasteiger partial charge is 0.381 e. The number of nitrogens with one attached hydrogen (secondary N) is 2. The Balaban J connectivity index is 1.97. The summed E-state index contributed by atoms with van der Waals surface area (Å²) in [6.07, 6.45) is 4.11. The molecule has 0 aliphatic heterocycles. The topological polar surface area (TPSA) is 93.7 Å². The number of ketones is 1. The summed E-state index contributed by atoms with van der Waals surface area (Å²) < 4.78 is 10.5. The fraction of sp³-hybridized carbons (Fsp3) is 0.833. The zero-order valence-corrected chi connectivity index (χ0v) is 15.5. The van der Waals surface area contributed by atoms with E-state index in [1.54, 1.807) is 6.92 Å². The molecule has 0 aromatic rings. The van der Waals surface area contributed by atoms with Crippen molar-refractivity contribution in [3.8, 4) is 0 Å². The van der Waals surface area contributed by atoms with Gasteiger partial charge in [0.05, 0.1) is 19.8 Å². The fourth-order valence-electron chi connectivity index (χ4n) is 2.87. The Hall–Kier alpha value is -1.47. The van der Waals surface area contributed by atoms with E-state index in [1.807, 2.05) is 6.92 Å². The number of carbonyl (C=O) groups excluding carboxylic acids is 3. The molecule has 7 nitrogen and oxygen atoms in total. The molecule has 1 aliphatic rings. The van der Waals surface area contributed by atoms with Gasteiger partial charge in [-0.2, -0.15) is 0 Å². The van der Waals surface area contributed by atoms with Gasteiger partial charge >= 0.3 is 0 Å². The smallest absolute Gasteiger partial charge is 0.222 e. The van der Waals surface area contributed by atoms with Crippen LogP contribution in [0.15, 0.2) is 0 Å². The van der Waals surface area contributed by atoms with Crippen LogP contribution in [0.1, 0.15) is 52.4 Å². The third-order valence-corrected chi connectivity index (χ3v) is 4.39. The van der Waals surface area contributed by atoms with Crippen molar-refractivity contribution in [3.63, 3.8) is 0 Å². The first-order valence-corrected chi connectivity index (χ1v) is 9.25. The van der Waals surface area contributed by atoms with Gasteiger partial charge in [0.15, 0.2) is 0 Å². The van der Waals surface area contributed by atoms with E-state index >= 15 is 0 Å². The minimum absolute atomic E-state index is 0.0213. The Morgan fingerprint density at radius 1 is 0.920 bits per heavy atom. The molecular formula is C18H32N2O5. The Morgan fingerprint density at radius 2 is 1.56 bits per heavy atom. The van der Waals surface area contributed by atoms with Crippen LogP contribution in [0.5, 0.6) is 0 Å². The Morgan fingerprint density at radius 3 is 2.20 bits per heavy atom. The van der Waals surface area contributed by atoms with Crippen LogP contribution in [0.3, 0.4) is 0 Å². The molecule has 144 valence electrons. The highest BCUT2D eigenvalue weighted by Gasteiger charge is 2.24. The van der Waals surface area contributed by atoms with Crippen LogP contribution >= 0.6 is 0 Å². The number of ether oxygens (including phenoxy) is 2. The van der Waals surface area contributed by atoms with E-state index in [1.165, 1.54) is 0 Å². The van der Waals surface area contributed by atoms with Gasteiger partial charge in [-0.05, 0) is 39.5 Å². The summed E-state index contributed by atoms with van der Waals surface area (Å²) in [6.45, 7) is 5.72. The lowest BCUT2D eigenvalue weighted by atomic mass is 9.84. The van der Waals surface area contributed by atoms with Crippen molar-refractivity contribution in [2.45, 2.75) is 58.4 Å². The van der Waals surface area contributed by atoms with Crippen molar-refractivity contribution in [2.75, 3.05) is 33.0 Å². The molecule has 25 heavy (non-hydrogen) atoms. The molecule has 0 saturated heterocycles. The van der Waals surface area contributed by atoms with Crippen molar-refractivity contribution in [3.05, 3.63) is 0 Å². The monoisotopic (exact) mass is 356 g/mol. The molecule has 0 spiro atoms. The predicted octanol–water partition coefficient (Wildman–Crippen LogP) is 1.20. The van der Waals surface area contributed by atoms with Crippen LogP contribution in [0.25, 0.3) is 0 Å². The quantitative estimate of drug-likeness (QED) is 0.513. The third-order valence-electron chi connectivity index (χ3n) is 4.39. The highest BCUT2D eigenvalue weighted by atomic mass is 16.5. The maximum atomic E-state index is 11.9. The summed E-state index contributed by atoms with van der Waals surface area (Å²) in [5.41, 5.74) is 0. The lowest BCUT2D eigenvalue weighted by molar-refractivity contribution is -0.124. The molecule has 0 aromatic heterocycles. The first-order valence-electron chi connectivity index (χ1n) is 9.25. The third kappa shape index (κ3) is 10.2. The van der Waals surface area contributed by atoms with Gasteiger partial charge in [-0.1, -0.05) is 0 Å². The maximum Gasteiger partial charge on any atom is 0.222 e. The van der Waals surface area contributed by atoms with E-state index in [0.717, 1.165) is 25.7 Å². The highest BCUT2D eigenvalue weighted by molar-refractivity contribution is 5.78. The van der Waals surface area contributed by atoms with Crippen LogP contribution in [-0.2, 0) is 23.9 Å². The first-order chi connectivity index (χ1) is 12.0. The van der Waals surface area contributed by atoms with Gasteiger partial charge in [0.25, 0.3) is 0 Å². The fourth-order valence-corrected chi connectivity index (χ4v) is 2.87. The lowest BCUT2D eigenvalue weighted by Crippen LogP contribution is -2.38. The van der Waals surface area contributed by atoms with Crippen molar-refractivity contribution >= 4 is 17.6 Å². The summed E-state index contributed by atoms with van der Waals surface area (Å²) >= 11 is 0. The van der Waals surface area contributed by atoms with E-state index < -0.39 is 0 Å². The van der Waals surface area contributed by atoms with Crippen molar-refractivity contribution in [2.24, 2.45) is 5.92 Å². The van der Waals surface area contributed by atoms with Crippen molar-refractivity contribution in [1.82, 2.24) is 10.6 Å². The minimum atomic E-state index is -0.0593. The summed E-state index contributed by atoms with van der Waals surface area (Å²) in [4.78, 5) is 34.6. The first kappa shape index (κ1) is 21.6. The molecule has 1 fully saturated rings. The van der Waals surface area contributed by atoms with Gasteiger partial charge < -0.3 is 20.1 Å². The number of carbonyl (C=O) groups is 3. The molecular weight excluding hydrogens is 324 g/mol. The van der Waals surface area contributed by atoms with Gasteiger partial charge in [-0.25, -0.2) is 0 Å². The number of hydrogen-bond acceptors (Lipinski definition) is 5. The van der Waals surface area contributed by atoms with Gasteiger partial charge in [0.1, 0.15) is 5.78 Å². The summed E-state index contributed by atoms with van der Waals surface area (Å²) in [5.74, 6) is 0.339. The van der Waals surface area contributed by atoms with Gasteiger partial charge in [0.2, 0.25) is 11.8 Å². The minimum Gasteiger partial charge on any atom is -0.381 e. The van der Waals surface area contributed by atoms with E-state index in [2.05, 4.69) is 10.6 Å². The van der Waals surface area contributed by atoms with Gasteiger partial charge in [0, 0.05) is 38.0 Å². The van der Waals surface area contributed by atoms with Gasteiger partial charge in [-0.15, -0.1) is 0 Å². The zero-order valence-electron chi connectivity index (χ0n) is 15.5. The Kier molecular flexibility index (Phi) is 11.1. The molecule has 1 aliphatic carbocycles. The van der Waals surface area contributed by atoms with Crippen LogP contribution in [-0.4, -0.2) is 56.6 Å². The van der Waals surface area contributed by atoms with Gasteiger partial charge in [-0.3, -0.25) is 14.4 Å². The number of rotatable bonds is 12. The second-order valence-electron chi connectivity index (χ2n) is 6.39. The average Bonchev–Trinajstić information content (AvgIpc) is 2.58. The molecule has 0 bridgehead atoms. The molecule has 0 heterocycles. The maximum absolute atomic E-state index is 11.9. The number of amides is 2. The molecule has 0 unspecified atom stereocenters. The molecule has 0 radical (unpaired) electrons. The highest BCUT2D eigenvalue weighted by Crippen LogP contribution is 2.24. The summed E-state index contributed by atoms with van der Waals surface area (Å²) in [7, 11) is 0. The normalized spacial score (nSPS) is 20.1. The van der Waals surface area contributed by atoms with Crippen LogP contribution < -0.4 is 10.6 Å². The molecule has 0 atom stereocenters. The SMILES string of the molecule is CCOCCC(=O)NCCOCCC(=O)NC1CCC(C(C)=O)CC1. The molecule has 1 rings (SSSR count). The van der Waals surface area contributed by atoms with Crippen LogP contribution in [0, 0.1) is 5.92 Å². The number of Topliss-reactive ketones (excluding diaryl/α,β-unsaturated/α-hetero) is 1. The van der Waals surface area contributed by atoms with Crippen LogP contribution in [0.2, 0.25) is 0 Å². The molecule has 7 heteroatoms. The van der Waals surface area contributed by atoms with E-state index in [0.29, 0.717) is 45.8 Å². The molecule has 2 N–H and O–H groups in total. The Bertz CT molecular complexity index is 420. The summed E-state index contributed by atoms with van der Waals surface area (Å²) in [6, 6.07) is 0.174. The Labute approximate surface area is 150 Å². The second kappa shape index (κ2) is 12.8. The summed E-state index contributed by atoms with van der Waals surface area (Å²) in [5, 5.41) is 5.74. The van der Waals surface area contributed by atoms with Crippen LogP contribution in [0.4, 0.5) is 0 Å². The molecule has 1 saturated carbocycles. The standard InChI is InChI=1S/C18H32N2O5/c1-3-24-11-8-17(22)19-10-13-25-12-9-18(23)20-16-6-4-15(5-7-16)14(2)21/h15-16H,3-13H2,1-2H3,(H,19,22)(H,20,23).